The van der Waals surface area contributed by atoms with Crippen molar-refractivity contribution in [2.24, 2.45) is 0 Å². The van der Waals surface area contributed by atoms with Crippen molar-refractivity contribution in [1.29, 1.82) is 0 Å². The second kappa shape index (κ2) is 7.89. The first-order valence-electron chi connectivity index (χ1n) is 8.85. The maximum absolute atomic E-state index is 14.1. The number of halogens is 2. The van der Waals surface area contributed by atoms with Crippen LogP contribution in [0.1, 0.15) is 28.1 Å². The first-order chi connectivity index (χ1) is 13.5. The van der Waals surface area contributed by atoms with Gasteiger partial charge in [-0.25, -0.2) is 13.9 Å². The van der Waals surface area contributed by atoms with Gasteiger partial charge in [-0.1, -0.05) is 53.7 Å². The van der Waals surface area contributed by atoms with Gasteiger partial charge >= 0.3 is 0 Å². The molecule has 0 saturated heterocycles. The van der Waals surface area contributed by atoms with E-state index in [1.807, 2.05) is 44.2 Å². The molecular weight excluding hydrogens is 395 g/mol. The third-order valence-corrected chi connectivity index (χ3v) is 5.76. The van der Waals surface area contributed by atoms with Crippen LogP contribution in [0.4, 0.5) is 4.39 Å². The summed E-state index contributed by atoms with van der Waals surface area (Å²) in [6.45, 7) is 3.90. The van der Waals surface area contributed by atoms with Crippen molar-refractivity contribution in [2.75, 3.05) is 0 Å². The zero-order valence-electron chi connectivity index (χ0n) is 15.5. The zero-order chi connectivity index (χ0) is 19.7. The molecule has 0 aliphatic rings. The molecule has 0 atom stereocenters. The number of thioether (sulfide) groups is 1. The highest BCUT2D eigenvalue weighted by molar-refractivity contribution is 7.98. The number of rotatable bonds is 5. The first kappa shape index (κ1) is 18.9. The van der Waals surface area contributed by atoms with Gasteiger partial charge < -0.3 is 0 Å². The maximum atomic E-state index is 14.1. The van der Waals surface area contributed by atoms with E-state index in [4.69, 9.17) is 11.6 Å². The molecule has 0 fully saturated rings. The van der Waals surface area contributed by atoms with Gasteiger partial charge in [0.1, 0.15) is 5.82 Å². The Hall–Kier alpha value is -2.44. The summed E-state index contributed by atoms with van der Waals surface area (Å²) in [6.07, 6.45) is 0.470. The van der Waals surface area contributed by atoms with Gasteiger partial charge in [-0.2, -0.15) is 4.98 Å². The standard InChI is InChI=1S/C21H18ClFN4S/c1-13-18(11-16-7-3-4-9-19(16)23)14(2)27-20(24-13)25-21(26-27)28-12-15-6-5-8-17(22)10-15/h3-10H,11-12H2,1-2H3. The molecule has 4 rings (SSSR count). The summed E-state index contributed by atoms with van der Waals surface area (Å²) in [7, 11) is 0. The van der Waals surface area contributed by atoms with Gasteiger partial charge in [-0.05, 0) is 48.7 Å². The van der Waals surface area contributed by atoms with Crippen molar-refractivity contribution in [3.63, 3.8) is 0 Å². The molecule has 0 aliphatic heterocycles. The molecule has 0 aliphatic carbocycles. The van der Waals surface area contributed by atoms with Crippen LogP contribution in [0.25, 0.3) is 5.78 Å². The summed E-state index contributed by atoms with van der Waals surface area (Å²) in [5.41, 5.74) is 4.48. The third-order valence-electron chi connectivity index (χ3n) is 4.61. The number of hydrogen-bond acceptors (Lipinski definition) is 4. The van der Waals surface area contributed by atoms with Crippen molar-refractivity contribution in [3.05, 3.63) is 87.4 Å². The number of aromatic nitrogens is 4. The van der Waals surface area contributed by atoms with Crippen LogP contribution < -0.4 is 0 Å². The van der Waals surface area contributed by atoms with Gasteiger partial charge in [0.05, 0.1) is 0 Å². The van der Waals surface area contributed by atoms with Crippen LogP contribution in [0, 0.1) is 19.7 Å². The minimum Gasteiger partial charge on any atom is -0.216 e. The lowest BCUT2D eigenvalue weighted by molar-refractivity contribution is 0.613. The fraction of sp³-hybridized carbons (Fsp3) is 0.190. The summed E-state index contributed by atoms with van der Waals surface area (Å²) >= 11 is 7.58. The SMILES string of the molecule is Cc1nc2nc(SCc3cccc(Cl)c3)nn2c(C)c1Cc1ccccc1F. The van der Waals surface area contributed by atoms with Gasteiger partial charge in [-0.15, -0.1) is 5.10 Å². The van der Waals surface area contributed by atoms with E-state index >= 15 is 0 Å². The molecule has 0 bridgehead atoms. The Balaban J connectivity index is 1.62. The molecule has 0 saturated carbocycles. The van der Waals surface area contributed by atoms with Crippen LogP contribution in [0.5, 0.6) is 0 Å². The molecule has 4 aromatic rings. The smallest absolute Gasteiger partial charge is 0.216 e. The molecule has 0 N–H and O–H groups in total. The molecule has 0 spiro atoms. The Labute approximate surface area is 171 Å². The molecule has 2 aromatic heterocycles. The lowest BCUT2D eigenvalue weighted by atomic mass is 10.0. The second-order valence-electron chi connectivity index (χ2n) is 6.55. The van der Waals surface area contributed by atoms with Crippen LogP contribution in [0.2, 0.25) is 5.02 Å². The average molecular weight is 413 g/mol. The molecule has 28 heavy (non-hydrogen) atoms. The monoisotopic (exact) mass is 412 g/mol. The third kappa shape index (κ3) is 3.88. The van der Waals surface area contributed by atoms with Gasteiger partial charge in [0, 0.05) is 28.6 Å². The summed E-state index contributed by atoms with van der Waals surface area (Å²) < 4.78 is 15.8. The van der Waals surface area contributed by atoms with Crippen molar-refractivity contribution in [1.82, 2.24) is 19.6 Å². The Morgan fingerprint density at radius 2 is 1.89 bits per heavy atom. The van der Waals surface area contributed by atoms with Crippen LogP contribution in [0.15, 0.2) is 53.7 Å². The van der Waals surface area contributed by atoms with Crippen molar-refractivity contribution in [3.8, 4) is 0 Å². The predicted octanol–water partition coefficient (Wildman–Crippen LogP) is 5.42. The van der Waals surface area contributed by atoms with Crippen LogP contribution in [0.3, 0.4) is 0 Å². The second-order valence-corrected chi connectivity index (χ2v) is 7.93. The molecule has 2 aromatic carbocycles. The Kier molecular flexibility index (Phi) is 5.33. The van der Waals surface area contributed by atoms with Crippen molar-refractivity contribution >= 4 is 29.1 Å². The van der Waals surface area contributed by atoms with E-state index in [1.165, 1.54) is 17.8 Å². The number of nitrogens with zero attached hydrogens (tertiary/aromatic N) is 4. The van der Waals surface area contributed by atoms with Gasteiger partial charge in [0.2, 0.25) is 5.16 Å². The van der Waals surface area contributed by atoms with E-state index in [1.54, 1.807) is 16.6 Å². The number of hydrogen-bond donors (Lipinski definition) is 0. The fourth-order valence-corrected chi connectivity index (χ4v) is 4.09. The number of benzene rings is 2. The highest BCUT2D eigenvalue weighted by Crippen LogP contribution is 2.24. The summed E-state index contributed by atoms with van der Waals surface area (Å²) in [4.78, 5) is 9.12. The largest absolute Gasteiger partial charge is 0.253 e. The van der Waals surface area contributed by atoms with E-state index in [0.29, 0.717) is 27.9 Å². The van der Waals surface area contributed by atoms with Gasteiger partial charge in [0.25, 0.3) is 5.78 Å². The van der Waals surface area contributed by atoms with Crippen molar-refractivity contribution in [2.45, 2.75) is 31.2 Å². The van der Waals surface area contributed by atoms with Crippen molar-refractivity contribution < 1.29 is 4.39 Å². The highest BCUT2D eigenvalue weighted by Gasteiger charge is 2.15. The Morgan fingerprint density at radius 3 is 2.68 bits per heavy atom. The number of fused-ring (bicyclic) bond motifs is 1. The molecule has 0 amide bonds. The maximum Gasteiger partial charge on any atom is 0.253 e. The minimum absolute atomic E-state index is 0.210. The van der Waals surface area contributed by atoms with Crippen LogP contribution in [-0.2, 0) is 12.2 Å². The average Bonchev–Trinajstić information content (AvgIpc) is 3.08. The fourth-order valence-electron chi connectivity index (χ4n) is 3.11. The zero-order valence-corrected chi connectivity index (χ0v) is 17.1. The Morgan fingerprint density at radius 1 is 1.07 bits per heavy atom. The topological polar surface area (TPSA) is 43.1 Å². The highest BCUT2D eigenvalue weighted by atomic mass is 35.5. The molecular formula is C21H18ClFN4S. The summed E-state index contributed by atoms with van der Waals surface area (Å²) in [6, 6.07) is 14.6. The van der Waals surface area contributed by atoms with Crippen LogP contribution >= 0.6 is 23.4 Å². The van der Waals surface area contributed by atoms with E-state index < -0.39 is 0 Å². The normalized spacial score (nSPS) is 11.3. The van der Waals surface area contributed by atoms with Gasteiger partial charge in [-0.3, -0.25) is 0 Å². The summed E-state index contributed by atoms with van der Waals surface area (Å²) in [5.74, 6) is 1.07. The number of aryl methyl sites for hydroxylation is 2. The molecule has 7 heteroatoms. The van der Waals surface area contributed by atoms with E-state index in [2.05, 4.69) is 15.1 Å². The quantitative estimate of drug-likeness (QED) is 0.411. The van der Waals surface area contributed by atoms with E-state index in [9.17, 15) is 4.39 Å². The van der Waals surface area contributed by atoms with E-state index in [0.717, 1.165) is 28.3 Å². The lowest BCUT2D eigenvalue weighted by Crippen LogP contribution is -2.07. The van der Waals surface area contributed by atoms with Crippen LogP contribution in [-0.4, -0.2) is 19.6 Å². The predicted molar refractivity (Wildman–Crippen MR) is 110 cm³/mol. The Bertz CT molecular complexity index is 1160. The molecule has 2 heterocycles. The summed E-state index contributed by atoms with van der Waals surface area (Å²) in [5, 5.41) is 5.96. The minimum atomic E-state index is -0.210. The molecule has 142 valence electrons. The molecule has 4 nitrogen and oxygen atoms in total. The first-order valence-corrected chi connectivity index (χ1v) is 10.2. The molecule has 0 unspecified atom stereocenters. The van der Waals surface area contributed by atoms with E-state index in [-0.39, 0.29) is 5.82 Å². The molecule has 0 radical (unpaired) electrons. The van der Waals surface area contributed by atoms with Gasteiger partial charge in [0.15, 0.2) is 0 Å². The lowest BCUT2D eigenvalue weighted by Gasteiger charge is -2.10.